The molecule has 0 radical (unpaired) electrons. The molecule has 0 spiro atoms. The highest BCUT2D eigenvalue weighted by Gasteiger charge is 2.11. The lowest BCUT2D eigenvalue weighted by Gasteiger charge is -2.13. The highest BCUT2D eigenvalue weighted by molar-refractivity contribution is 5.82. The molecule has 1 atom stereocenters. The number of fused-ring (bicyclic) bond motifs is 1. The highest BCUT2D eigenvalue weighted by atomic mass is 14.9. The van der Waals surface area contributed by atoms with Gasteiger partial charge in [0.05, 0.1) is 12.0 Å². The fourth-order valence-electron chi connectivity index (χ4n) is 2.07. The zero-order chi connectivity index (χ0) is 13.0. The molecule has 18 heavy (non-hydrogen) atoms. The molecule has 94 valence electrons. The summed E-state index contributed by atoms with van der Waals surface area (Å²) in [5.41, 5.74) is 2.42. The number of nitriles is 1. The van der Waals surface area contributed by atoms with Crippen molar-refractivity contribution in [3.05, 3.63) is 36.0 Å². The minimum atomic E-state index is 0.0789. The van der Waals surface area contributed by atoms with Crippen LogP contribution in [0.5, 0.6) is 0 Å². The fourth-order valence-corrected chi connectivity index (χ4v) is 2.07. The third-order valence-corrected chi connectivity index (χ3v) is 3.33. The predicted molar refractivity (Wildman–Crippen MR) is 73.9 cm³/mol. The Morgan fingerprint density at radius 3 is 2.83 bits per heavy atom. The van der Waals surface area contributed by atoms with Crippen molar-refractivity contribution in [2.75, 3.05) is 6.54 Å². The first kappa shape index (κ1) is 12.7. The zero-order valence-electron chi connectivity index (χ0n) is 10.9. The molecule has 0 amide bonds. The van der Waals surface area contributed by atoms with Crippen molar-refractivity contribution in [2.45, 2.75) is 20.4 Å². The molecule has 0 bridgehead atoms. The van der Waals surface area contributed by atoms with E-state index in [1.54, 1.807) is 0 Å². The molecular weight excluding hydrogens is 222 g/mol. The normalized spacial score (nSPS) is 12.8. The summed E-state index contributed by atoms with van der Waals surface area (Å²) in [6.45, 7) is 5.71. The van der Waals surface area contributed by atoms with Gasteiger partial charge in [-0.15, -0.1) is 0 Å². The minimum Gasteiger partial charge on any atom is -0.361 e. The van der Waals surface area contributed by atoms with Crippen LogP contribution in [0.3, 0.4) is 0 Å². The molecule has 2 aromatic rings. The molecule has 0 saturated heterocycles. The Balaban J connectivity index is 1.97. The van der Waals surface area contributed by atoms with E-state index in [9.17, 15) is 0 Å². The molecule has 0 aliphatic rings. The van der Waals surface area contributed by atoms with Gasteiger partial charge < -0.3 is 10.3 Å². The Kier molecular flexibility index (Phi) is 4.01. The molecule has 0 aliphatic carbocycles. The van der Waals surface area contributed by atoms with Gasteiger partial charge in [0, 0.05) is 30.2 Å². The third kappa shape index (κ3) is 2.72. The number of hydrogen-bond donors (Lipinski definition) is 2. The van der Waals surface area contributed by atoms with E-state index in [0.717, 1.165) is 18.6 Å². The first-order valence-corrected chi connectivity index (χ1v) is 6.37. The standard InChI is InChI=1S/C15H19N3/c1-11(2)12(7-16)8-17-9-13-10-18-15-6-4-3-5-14(13)15/h3-6,10-12,17-18H,8-9H2,1-2H3. The molecule has 1 unspecified atom stereocenters. The molecule has 2 rings (SSSR count). The topological polar surface area (TPSA) is 51.6 Å². The van der Waals surface area contributed by atoms with Gasteiger partial charge in [-0.05, 0) is 17.5 Å². The van der Waals surface area contributed by atoms with Gasteiger partial charge in [-0.2, -0.15) is 5.26 Å². The summed E-state index contributed by atoms with van der Waals surface area (Å²) in [5, 5.41) is 13.7. The lowest BCUT2D eigenvalue weighted by molar-refractivity contribution is 0.442. The molecule has 1 aromatic carbocycles. The fraction of sp³-hybridized carbons (Fsp3) is 0.400. The van der Waals surface area contributed by atoms with Crippen molar-refractivity contribution in [1.82, 2.24) is 10.3 Å². The average molecular weight is 241 g/mol. The second kappa shape index (κ2) is 5.70. The molecule has 3 nitrogen and oxygen atoms in total. The zero-order valence-corrected chi connectivity index (χ0v) is 10.9. The second-order valence-electron chi connectivity index (χ2n) is 4.97. The van der Waals surface area contributed by atoms with Crippen LogP contribution in [0.2, 0.25) is 0 Å². The summed E-state index contributed by atoms with van der Waals surface area (Å²) < 4.78 is 0. The number of hydrogen-bond acceptors (Lipinski definition) is 2. The second-order valence-corrected chi connectivity index (χ2v) is 4.97. The van der Waals surface area contributed by atoms with Crippen LogP contribution in [0.15, 0.2) is 30.5 Å². The number of aromatic nitrogens is 1. The Morgan fingerprint density at radius 1 is 1.33 bits per heavy atom. The van der Waals surface area contributed by atoms with Crippen molar-refractivity contribution in [1.29, 1.82) is 5.26 Å². The molecule has 0 aliphatic heterocycles. The number of aromatic amines is 1. The van der Waals surface area contributed by atoms with Gasteiger partial charge in [-0.3, -0.25) is 0 Å². The number of nitrogens with one attached hydrogen (secondary N) is 2. The van der Waals surface area contributed by atoms with E-state index in [2.05, 4.69) is 42.4 Å². The molecule has 2 N–H and O–H groups in total. The van der Waals surface area contributed by atoms with E-state index in [1.165, 1.54) is 10.9 Å². The number of nitrogens with zero attached hydrogens (tertiary/aromatic N) is 1. The molecule has 3 heteroatoms. The van der Waals surface area contributed by atoms with E-state index in [-0.39, 0.29) is 5.92 Å². The van der Waals surface area contributed by atoms with Crippen LogP contribution in [0.1, 0.15) is 19.4 Å². The summed E-state index contributed by atoms with van der Waals surface area (Å²) >= 11 is 0. The maximum absolute atomic E-state index is 9.03. The smallest absolute Gasteiger partial charge is 0.0671 e. The number of rotatable bonds is 5. The van der Waals surface area contributed by atoms with Crippen LogP contribution in [-0.4, -0.2) is 11.5 Å². The van der Waals surface area contributed by atoms with E-state index in [4.69, 9.17) is 5.26 Å². The SMILES string of the molecule is CC(C)C(C#N)CNCc1c[nH]c2ccccc12. The van der Waals surface area contributed by atoms with E-state index in [0.29, 0.717) is 5.92 Å². The van der Waals surface area contributed by atoms with E-state index in [1.807, 2.05) is 18.3 Å². The Bertz CT molecular complexity index is 548. The van der Waals surface area contributed by atoms with Gasteiger partial charge in [0.15, 0.2) is 0 Å². The summed E-state index contributed by atoms with van der Waals surface area (Å²) in [6, 6.07) is 10.6. The van der Waals surface area contributed by atoms with Crippen molar-refractivity contribution in [3.8, 4) is 6.07 Å². The minimum absolute atomic E-state index is 0.0789. The lowest BCUT2D eigenvalue weighted by Crippen LogP contribution is -2.24. The Hall–Kier alpha value is -1.79. The van der Waals surface area contributed by atoms with Gasteiger partial charge in [-0.25, -0.2) is 0 Å². The third-order valence-electron chi connectivity index (χ3n) is 3.33. The molecule has 1 aromatic heterocycles. The first-order chi connectivity index (χ1) is 8.72. The number of para-hydroxylation sites is 1. The summed E-state index contributed by atoms with van der Waals surface area (Å²) in [5.74, 6) is 0.473. The van der Waals surface area contributed by atoms with Crippen LogP contribution in [0.4, 0.5) is 0 Å². The van der Waals surface area contributed by atoms with Crippen LogP contribution in [0.25, 0.3) is 10.9 Å². The molecule has 1 heterocycles. The van der Waals surface area contributed by atoms with Gasteiger partial charge >= 0.3 is 0 Å². The van der Waals surface area contributed by atoms with Crippen molar-refractivity contribution >= 4 is 10.9 Å². The number of H-pyrrole nitrogens is 1. The molecule has 0 fully saturated rings. The quantitative estimate of drug-likeness (QED) is 0.845. The van der Waals surface area contributed by atoms with Crippen LogP contribution < -0.4 is 5.32 Å². The summed E-state index contributed by atoms with van der Waals surface area (Å²) in [4.78, 5) is 3.26. The van der Waals surface area contributed by atoms with Crippen molar-refractivity contribution < 1.29 is 0 Å². The van der Waals surface area contributed by atoms with Crippen LogP contribution >= 0.6 is 0 Å². The molecular formula is C15H19N3. The monoisotopic (exact) mass is 241 g/mol. The van der Waals surface area contributed by atoms with E-state index < -0.39 is 0 Å². The Labute approximate surface area is 108 Å². The van der Waals surface area contributed by atoms with Gasteiger partial charge in [0.25, 0.3) is 0 Å². The van der Waals surface area contributed by atoms with Gasteiger partial charge in [-0.1, -0.05) is 32.0 Å². The summed E-state index contributed by atoms with van der Waals surface area (Å²) in [6.07, 6.45) is 2.04. The van der Waals surface area contributed by atoms with Crippen molar-refractivity contribution in [3.63, 3.8) is 0 Å². The predicted octanol–water partition coefficient (Wildman–Crippen LogP) is 3.05. The van der Waals surface area contributed by atoms with Gasteiger partial charge in [0.2, 0.25) is 0 Å². The first-order valence-electron chi connectivity index (χ1n) is 6.37. The Morgan fingerprint density at radius 2 is 2.11 bits per heavy atom. The van der Waals surface area contributed by atoms with Crippen LogP contribution in [0, 0.1) is 23.2 Å². The largest absolute Gasteiger partial charge is 0.361 e. The van der Waals surface area contributed by atoms with Crippen LogP contribution in [-0.2, 0) is 6.54 Å². The lowest BCUT2D eigenvalue weighted by atomic mass is 9.97. The van der Waals surface area contributed by atoms with E-state index >= 15 is 0 Å². The summed E-state index contributed by atoms with van der Waals surface area (Å²) in [7, 11) is 0. The average Bonchev–Trinajstić information content (AvgIpc) is 2.78. The maximum atomic E-state index is 9.03. The van der Waals surface area contributed by atoms with Crippen molar-refractivity contribution in [2.24, 2.45) is 11.8 Å². The van der Waals surface area contributed by atoms with Gasteiger partial charge in [0.1, 0.15) is 0 Å². The highest BCUT2D eigenvalue weighted by Crippen LogP contribution is 2.17. The maximum Gasteiger partial charge on any atom is 0.0671 e. The molecule has 0 saturated carbocycles. The number of benzene rings is 1.